The number of ether oxygens (including phenoxy) is 1. The Bertz CT molecular complexity index is 529. The summed E-state index contributed by atoms with van der Waals surface area (Å²) in [5.74, 6) is 0.945. The maximum Gasteiger partial charge on any atom is 0.143 e. The van der Waals surface area contributed by atoms with Crippen LogP contribution >= 0.6 is 0 Å². The van der Waals surface area contributed by atoms with E-state index in [1.165, 1.54) is 16.5 Å². The number of aromatic nitrogens is 1. The summed E-state index contributed by atoms with van der Waals surface area (Å²) >= 11 is 0. The number of hydrogen-bond donors (Lipinski definition) is 1. The van der Waals surface area contributed by atoms with Crippen molar-refractivity contribution in [2.24, 2.45) is 5.73 Å². The number of rotatable bonds is 5. The Balaban J connectivity index is 2.60. The largest absolute Gasteiger partial charge is 0.495 e. The highest BCUT2D eigenvalue weighted by molar-refractivity contribution is 5.89. The topological polar surface area (TPSA) is 40.2 Å². The van der Waals surface area contributed by atoms with Gasteiger partial charge in [-0.05, 0) is 44.9 Å². The van der Waals surface area contributed by atoms with Gasteiger partial charge in [0.15, 0.2) is 0 Å². The van der Waals surface area contributed by atoms with Crippen molar-refractivity contribution in [3.05, 3.63) is 30.0 Å². The molecule has 0 bridgehead atoms. The number of aryl methyl sites for hydroxylation is 1. The Morgan fingerprint density at radius 1 is 1.33 bits per heavy atom. The fourth-order valence-electron chi connectivity index (χ4n) is 2.41. The zero-order valence-corrected chi connectivity index (χ0v) is 11.4. The predicted molar refractivity (Wildman–Crippen MR) is 76.3 cm³/mol. The Kier molecular flexibility index (Phi) is 3.92. The molecule has 0 aliphatic carbocycles. The van der Waals surface area contributed by atoms with Gasteiger partial charge in [-0.2, -0.15) is 0 Å². The zero-order valence-electron chi connectivity index (χ0n) is 11.4. The fraction of sp³-hybridized carbons (Fsp3) is 0.467. The first-order valence-corrected chi connectivity index (χ1v) is 6.55. The van der Waals surface area contributed by atoms with Crippen molar-refractivity contribution < 1.29 is 4.74 Å². The van der Waals surface area contributed by atoms with E-state index in [0.717, 1.165) is 25.1 Å². The van der Waals surface area contributed by atoms with Crippen LogP contribution in [0.4, 0.5) is 0 Å². The molecule has 98 valence electrons. The number of nitrogens with zero attached hydrogens (tertiary/aromatic N) is 1. The van der Waals surface area contributed by atoms with Gasteiger partial charge in [0, 0.05) is 17.6 Å². The minimum atomic E-state index is 0.426. The van der Waals surface area contributed by atoms with Gasteiger partial charge in [-0.1, -0.05) is 12.1 Å². The molecule has 0 saturated heterocycles. The second-order valence-corrected chi connectivity index (χ2v) is 4.90. The highest BCUT2D eigenvalue weighted by Gasteiger charge is 2.13. The smallest absolute Gasteiger partial charge is 0.143 e. The van der Waals surface area contributed by atoms with Gasteiger partial charge < -0.3 is 15.0 Å². The van der Waals surface area contributed by atoms with Crippen LogP contribution in [0.25, 0.3) is 10.9 Å². The zero-order chi connectivity index (χ0) is 13.1. The molecule has 0 radical (unpaired) electrons. The quantitative estimate of drug-likeness (QED) is 0.880. The summed E-state index contributed by atoms with van der Waals surface area (Å²) in [7, 11) is 1.73. The lowest BCUT2D eigenvalue weighted by atomic mass is 10.1. The Morgan fingerprint density at radius 2 is 2.11 bits per heavy atom. The van der Waals surface area contributed by atoms with Crippen molar-refractivity contribution in [2.75, 3.05) is 13.7 Å². The van der Waals surface area contributed by atoms with Gasteiger partial charge in [0.25, 0.3) is 0 Å². The average Bonchev–Trinajstić information content (AvgIpc) is 2.75. The first-order chi connectivity index (χ1) is 8.69. The molecule has 0 aliphatic heterocycles. The van der Waals surface area contributed by atoms with E-state index in [0.29, 0.717) is 6.04 Å². The summed E-state index contributed by atoms with van der Waals surface area (Å²) in [6, 6.07) is 6.67. The van der Waals surface area contributed by atoms with Gasteiger partial charge in [0.1, 0.15) is 5.75 Å². The molecule has 0 aliphatic rings. The van der Waals surface area contributed by atoms with E-state index >= 15 is 0 Å². The summed E-state index contributed by atoms with van der Waals surface area (Å²) in [5, 5.41) is 1.29. The molecule has 0 atom stereocenters. The van der Waals surface area contributed by atoms with Gasteiger partial charge in [-0.25, -0.2) is 0 Å². The molecular weight excluding hydrogens is 224 g/mol. The molecule has 0 amide bonds. The Hall–Kier alpha value is -1.48. The maximum atomic E-state index is 5.61. The molecule has 0 unspecified atom stereocenters. The van der Waals surface area contributed by atoms with Crippen molar-refractivity contribution in [3.8, 4) is 5.75 Å². The van der Waals surface area contributed by atoms with Crippen molar-refractivity contribution in [3.63, 3.8) is 0 Å². The number of benzene rings is 1. The van der Waals surface area contributed by atoms with Crippen LogP contribution < -0.4 is 10.5 Å². The normalized spacial score (nSPS) is 11.4. The second-order valence-electron chi connectivity index (χ2n) is 4.90. The molecule has 0 fully saturated rings. The monoisotopic (exact) mass is 246 g/mol. The molecule has 0 saturated carbocycles. The van der Waals surface area contributed by atoms with E-state index in [1.54, 1.807) is 7.11 Å². The van der Waals surface area contributed by atoms with E-state index in [4.69, 9.17) is 10.5 Å². The molecule has 3 heteroatoms. The second kappa shape index (κ2) is 5.44. The van der Waals surface area contributed by atoms with E-state index in [2.05, 4.69) is 36.7 Å². The van der Waals surface area contributed by atoms with Crippen LogP contribution in [0.3, 0.4) is 0 Å². The standard InChI is InChI=1S/C15H22N2O/c1-11(2)17-10-12(6-5-9-16)13-7-4-8-14(18-3)15(13)17/h4,7-8,10-11H,5-6,9,16H2,1-3H3. The van der Waals surface area contributed by atoms with E-state index < -0.39 is 0 Å². The number of nitrogens with two attached hydrogens (primary N) is 1. The van der Waals surface area contributed by atoms with Crippen LogP contribution in [-0.2, 0) is 6.42 Å². The first kappa shape index (κ1) is 13.0. The molecule has 1 aromatic heterocycles. The summed E-state index contributed by atoms with van der Waals surface area (Å²) in [4.78, 5) is 0. The lowest BCUT2D eigenvalue weighted by Crippen LogP contribution is -2.00. The Morgan fingerprint density at radius 3 is 2.72 bits per heavy atom. The van der Waals surface area contributed by atoms with Gasteiger partial charge >= 0.3 is 0 Å². The molecule has 1 heterocycles. The number of para-hydroxylation sites is 1. The van der Waals surface area contributed by atoms with Crippen LogP contribution in [0.5, 0.6) is 5.75 Å². The molecule has 0 spiro atoms. The van der Waals surface area contributed by atoms with Gasteiger partial charge in [-0.15, -0.1) is 0 Å². The molecule has 2 N–H and O–H groups in total. The van der Waals surface area contributed by atoms with E-state index in [-0.39, 0.29) is 0 Å². The average molecular weight is 246 g/mol. The minimum absolute atomic E-state index is 0.426. The predicted octanol–water partition coefficient (Wildman–Crippen LogP) is 3.12. The van der Waals surface area contributed by atoms with E-state index in [1.807, 2.05) is 6.07 Å². The van der Waals surface area contributed by atoms with Gasteiger partial charge in [0.05, 0.1) is 12.6 Å². The number of methoxy groups -OCH3 is 1. The lowest BCUT2D eigenvalue weighted by molar-refractivity contribution is 0.416. The maximum absolute atomic E-state index is 5.61. The fourth-order valence-corrected chi connectivity index (χ4v) is 2.41. The third kappa shape index (κ3) is 2.23. The number of fused-ring (bicyclic) bond motifs is 1. The summed E-state index contributed by atoms with van der Waals surface area (Å²) < 4.78 is 7.78. The van der Waals surface area contributed by atoms with Crippen LogP contribution in [-0.4, -0.2) is 18.2 Å². The molecule has 1 aromatic carbocycles. The van der Waals surface area contributed by atoms with Crippen LogP contribution in [0.1, 0.15) is 31.9 Å². The van der Waals surface area contributed by atoms with Crippen LogP contribution in [0, 0.1) is 0 Å². The minimum Gasteiger partial charge on any atom is -0.495 e. The van der Waals surface area contributed by atoms with Gasteiger partial charge in [-0.3, -0.25) is 0 Å². The summed E-state index contributed by atoms with van der Waals surface area (Å²) in [5.41, 5.74) is 8.17. The van der Waals surface area contributed by atoms with Crippen LogP contribution in [0.15, 0.2) is 24.4 Å². The molecule has 18 heavy (non-hydrogen) atoms. The molecule has 2 rings (SSSR count). The van der Waals surface area contributed by atoms with Gasteiger partial charge in [0.2, 0.25) is 0 Å². The van der Waals surface area contributed by atoms with Crippen molar-refractivity contribution in [1.82, 2.24) is 4.57 Å². The summed E-state index contributed by atoms with van der Waals surface area (Å²) in [6.07, 6.45) is 4.29. The van der Waals surface area contributed by atoms with Crippen molar-refractivity contribution in [2.45, 2.75) is 32.7 Å². The van der Waals surface area contributed by atoms with Crippen molar-refractivity contribution >= 4 is 10.9 Å². The molecule has 2 aromatic rings. The van der Waals surface area contributed by atoms with Crippen LogP contribution in [0.2, 0.25) is 0 Å². The SMILES string of the molecule is COc1cccc2c(CCCN)cn(C(C)C)c12. The highest BCUT2D eigenvalue weighted by atomic mass is 16.5. The molecular formula is C15H22N2O. The first-order valence-electron chi connectivity index (χ1n) is 6.55. The third-order valence-corrected chi connectivity index (χ3v) is 3.32. The highest BCUT2D eigenvalue weighted by Crippen LogP contribution is 2.32. The molecule has 3 nitrogen and oxygen atoms in total. The third-order valence-electron chi connectivity index (χ3n) is 3.32. The van der Waals surface area contributed by atoms with E-state index in [9.17, 15) is 0 Å². The number of hydrogen-bond acceptors (Lipinski definition) is 2. The summed E-state index contributed by atoms with van der Waals surface area (Å²) in [6.45, 7) is 5.12. The lowest BCUT2D eigenvalue weighted by Gasteiger charge is -2.11. The van der Waals surface area contributed by atoms with Crippen molar-refractivity contribution in [1.29, 1.82) is 0 Å². The Labute approximate surface area is 109 Å².